The lowest BCUT2D eigenvalue weighted by molar-refractivity contribution is 0.242. The van der Waals surface area contributed by atoms with Gasteiger partial charge in [0.15, 0.2) is 0 Å². The zero-order valence-corrected chi connectivity index (χ0v) is 12.5. The van der Waals surface area contributed by atoms with Gasteiger partial charge in [-0.1, -0.05) is 44.4 Å². The summed E-state index contributed by atoms with van der Waals surface area (Å²) < 4.78 is 5.44. The predicted octanol–water partition coefficient (Wildman–Crippen LogP) is 4.17. The number of methoxy groups -OCH3 is 1. The Bertz CT molecular complexity index is 391. The smallest absolute Gasteiger partial charge is 0.123 e. The summed E-state index contributed by atoms with van der Waals surface area (Å²) in [6, 6.07) is 8.65. The highest BCUT2D eigenvalue weighted by molar-refractivity contribution is 5.35. The van der Waals surface area contributed by atoms with Crippen LogP contribution in [0.15, 0.2) is 24.3 Å². The van der Waals surface area contributed by atoms with Gasteiger partial charge in [-0.05, 0) is 37.8 Å². The van der Waals surface area contributed by atoms with Gasteiger partial charge in [-0.25, -0.2) is 0 Å². The van der Waals surface area contributed by atoms with Gasteiger partial charge in [-0.3, -0.25) is 0 Å². The van der Waals surface area contributed by atoms with Crippen molar-refractivity contribution < 1.29 is 4.74 Å². The van der Waals surface area contributed by atoms with Crippen molar-refractivity contribution in [1.82, 2.24) is 5.32 Å². The Morgan fingerprint density at radius 1 is 1.26 bits per heavy atom. The van der Waals surface area contributed by atoms with Crippen molar-refractivity contribution in [2.45, 2.75) is 45.6 Å². The Kier molecular flexibility index (Phi) is 5.26. The van der Waals surface area contributed by atoms with E-state index in [2.05, 4.69) is 31.3 Å². The molecule has 1 fully saturated rings. The van der Waals surface area contributed by atoms with Crippen molar-refractivity contribution in [3.63, 3.8) is 0 Å². The van der Waals surface area contributed by atoms with Crippen molar-refractivity contribution in [3.05, 3.63) is 29.8 Å². The average Bonchev–Trinajstić information content (AvgIpc) is 2.46. The molecule has 0 amide bonds. The Labute approximate surface area is 117 Å². The third-order valence-corrected chi connectivity index (χ3v) is 4.58. The molecule has 0 radical (unpaired) electrons. The fraction of sp³-hybridized carbons (Fsp3) is 0.647. The summed E-state index contributed by atoms with van der Waals surface area (Å²) in [4.78, 5) is 0. The number of hydrogen-bond donors (Lipinski definition) is 1. The summed E-state index contributed by atoms with van der Waals surface area (Å²) in [5.41, 5.74) is 1.26. The third kappa shape index (κ3) is 3.73. The molecular weight excluding hydrogens is 234 g/mol. The lowest BCUT2D eigenvalue weighted by atomic mass is 9.80. The molecule has 2 heteroatoms. The summed E-state index contributed by atoms with van der Waals surface area (Å²) >= 11 is 0. The van der Waals surface area contributed by atoms with E-state index in [1.807, 2.05) is 12.1 Å². The summed E-state index contributed by atoms with van der Waals surface area (Å²) in [5, 5.41) is 3.69. The van der Waals surface area contributed by atoms with Gasteiger partial charge in [0, 0.05) is 11.6 Å². The number of nitrogens with one attached hydrogen (secondary N) is 1. The molecule has 3 atom stereocenters. The molecule has 2 nitrogen and oxygen atoms in total. The van der Waals surface area contributed by atoms with Crippen LogP contribution in [0.1, 0.15) is 51.1 Å². The van der Waals surface area contributed by atoms with Crippen LogP contribution in [0.3, 0.4) is 0 Å². The van der Waals surface area contributed by atoms with Gasteiger partial charge in [0.2, 0.25) is 0 Å². The Balaban J connectivity index is 1.91. The summed E-state index contributed by atoms with van der Waals surface area (Å²) in [5.74, 6) is 2.69. The van der Waals surface area contributed by atoms with Crippen LogP contribution >= 0.6 is 0 Å². The van der Waals surface area contributed by atoms with Crippen LogP contribution in [-0.2, 0) is 0 Å². The molecule has 1 aromatic carbocycles. The first-order chi connectivity index (χ1) is 9.22. The van der Waals surface area contributed by atoms with E-state index in [0.29, 0.717) is 6.04 Å². The second-order valence-electron chi connectivity index (χ2n) is 5.89. The molecule has 0 bridgehead atoms. The van der Waals surface area contributed by atoms with Crippen molar-refractivity contribution in [3.8, 4) is 5.75 Å². The minimum Gasteiger partial charge on any atom is -0.496 e. The van der Waals surface area contributed by atoms with E-state index < -0.39 is 0 Å². The fourth-order valence-corrected chi connectivity index (χ4v) is 3.16. The lowest BCUT2D eigenvalue weighted by Crippen LogP contribution is -2.31. The molecule has 19 heavy (non-hydrogen) atoms. The largest absolute Gasteiger partial charge is 0.496 e. The van der Waals surface area contributed by atoms with Crippen LogP contribution in [0.2, 0.25) is 0 Å². The van der Waals surface area contributed by atoms with Crippen molar-refractivity contribution in [2.75, 3.05) is 13.7 Å². The van der Waals surface area contributed by atoms with Crippen LogP contribution in [0.4, 0.5) is 0 Å². The summed E-state index contributed by atoms with van der Waals surface area (Å²) in [7, 11) is 1.74. The molecule has 3 unspecified atom stereocenters. The first-order valence-electron chi connectivity index (χ1n) is 7.58. The van der Waals surface area contributed by atoms with E-state index in [9.17, 15) is 0 Å². The first kappa shape index (κ1) is 14.4. The van der Waals surface area contributed by atoms with Crippen molar-refractivity contribution >= 4 is 0 Å². The highest BCUT2D eigenvalue weighted by atomic mass is 16.5. The van der Waals surface area contributed by atoms with E-state index in [4.69, 9.17) is 4.74 Å². The van der Waals surface area contributed by atoms with Gasteiger partial charge in [0.1, 0.15) is 5.75 Å². The molecule has 0 heterocycles. The van der Waals surface area contributed by atoms with E-state index in [-0.39, 0.29) is 0 Å². The molecule has 2 rings (SSSR count). The molecule has 0 aromatic heterocycles. The molecule has 0 spiro atoms. The van der Waals surface area contributed by atoms with Crippen LogP contribution in [0, 0.1) is 11.8 Å². The Morgan fingerprint density at radius 2 is 2.00 bits per heavy atom. The maximum Gasteiger partial charge on any atom is 0.123 e. The molecule has 1 saturated carbocycles. The number of benzene rings is 1. The van der Waals surface area contributed by atoms with Gasteiger partial charge in [0.25, 0.3) is 0 Å². The SMILES string of the molecule is COc1ccccc1C(C)NCC1CCCCC1C. The van der Waals surface area contributed by atoms with Gasteiger partial charge in [-0.15, -0.1) is 0 Å². The maximum atomic E-state index is 5.44. The zero-order chi connectivity index (χ0) is 13.7. The van der Waals surface area contributed by atoms with Gasteiger partial charge in [0.05, 0.1) is 7.11 Å². The number of ether oxygens (including phenoxy) is 1. The van der Waals surface area contributed by atoms with Gasteiger partial charge in [-0.2, -0.15) is 0 Å². The van der Waals surface area contributed by atoms with Crippen molar-refractivity contribution in [2.24, 2.45) is 11.8 Å². The van der Waals surface area contributed by atoms with E-state index in [0.717, 1.165) is 24.1 Å². The minimum absolute atomic E-state index is 0.352. The Morgan fingerprint density at radius 3 is 2.74 bits per heavy atom. The van der Waals surface area contributed by atoms with Crippen LogP contribution in [0.5, 0.6) is 5.75 Å². The molecule has 1 aromatic rings. The quantitative estimate of drug-likeness (QED) is 0.859. The summed E-state index contributed by atoms with van der Waals surface area (Å²) in [6.45, 7) is 5.75. The highest BCUT2D eigenvalue weighted by Crippen LogP contribution is 2.30. The van der Waals surface area contributed by atoms with E-state index >= 15 is 0 Å². The molecule has 0 aliphatic heterocycles. The predicted molar refractivity (Wildman–Crippen MR) is 80.5 cm³/mol. The number of hydrogen-bond acceptors (Lipinski definition) is 2. The normalized spacial score (nSPS) is 25.0. The standard InChI is InChI=1S/C17H27NO/c1-13-8-4-5-9-15(13)12-18-14(2)16-10-6-7-11-17(16)19-3/h6-7,10-11,13-15,18H,4-5,8-9,12H2,1-3H3. The van der Waals surface area contributed by atoms with E-state index in [1.54, 1.807) is 7.11 Å². The molecule has 106 valence electrons. The molecule has 1 N–H and O–H groups in total. The number of rotatable bonds is 5. The van der Waals surface area contributed by atoms with Crippen molar-refractivity contribution in [1.29, 1.82) is 0 Å². The number of para-hydroxylation sites is 1. The van der Waals surface area contributed by atoms with Crippen LogP contribution in [-0.4, -0.2) is 13.7 Å². The molecular formula is C17H27NO. The molecule has 1 aliphatic rings. The summed E-state index contributed by atoms with van der Waals surface area (Å²) in [6.07, 6.45) is 5.60. The molecule has 0 saturated heterocycles. The minimum atomic E-state index is 0.352. The molecule has 1 aliphatic carbocycles. The topological polar surface area (TPSA) is 21.3 Å². The average molecular weight is 261 g/mol. The monoisotopic (exact) mass is 261 g/mol. The fourth-order valence-electron chi connectivity index (χ4n) is 3.16. The zero-order valence-electron chi connectivity index (χ0n) is 12.5. The van der Waals surface area contributed by atoms with E-state index in [1.165, 1.54) is 31.2 Å². The van der Waals surface area contributed by atoms with Crippen LogP contribution in [0.25, 0.3) is 0 Å². The highest BCUT2D eigenvalue weighted by Gasteiger charge is 2.22. The second kappa shape index (κ2) is 6.95. The first-order valence-corrected chi connectivity index (χ1v) is 7.58. The maximum absolute atomic E-state index is 5.44. The lowest BCUT2D eigenvalue weighted by Gasteiger charge is -2.30. The van der Waals surface area contributed by atoms with Gasteiger partial charge >= 0.3 is 0 Å². The van der Waals surface area contributed by atoms with Gasteiger partial charge < -0.3 is 10.1 Å². The second-order valence-corrected chi connectivity index (χ2v) is 5.89. The van der Waals surface area contributed by atoms with Crippen LogP contribution < -0.4 is 10.1 Å². The third-order valence-electron chi connectivity index (χ3n) is 4.58. The Hall–Kier alpha value is -1.02.